The fraction of sp³-hybridized carbons (Fsp3) is 0.136. The van der Waals surface area contributed by atoms with E-state index >= 15 is 0 Å². The first-order valence-electron chi connectivity index (χ1n) is 7.98. The monoisotopic (exact) mass is 393 g/mol. The van der Waals surface area contributed by atoms with Crippen LogP contribution in [0.1, 0.15) is 24.2 Å². The van der Waals surface area contributed by atoms with E-state index < -0.39 is 11.5 Å². The smallest absolute Gasteiger partial charge is 0.109 e. The molecule has 3 heteroatoms. The second-order valence-electron chi connectivity index (χ2n) is 5.79. The van der Waals surface area contributed by atoms with Crippen LogP contribution in [0, 0.1) is 11.3 Å². The second-order valence-corrected chi connectivity index (χ2v) is 6.70. The van der Waals surface area contributed by atoms with Gasteiger partial charge in [-0.1, -0.05) is 94.8 Å². The Morgan fingerprint density at radius 1 is 0.840 bits per heavy atom. The van der Waals surface area contributed by atoms with Gasteiger partial charge in [0.15, 0.2) is 0 Å². The standard InChI is InChI=1S/C16H14BrNO.C6H6/c1-16(11-18,13-5-3-2-4-6-13)15(19)12-7-9-14(17)10-8-12;1-2-4-6-5-3-1/h2-10,15,19H,1H3;1-6H/t15-,16-;/m0./s1. The minimum atomic E-state index is -0.963. The van der Waals surface area contributed by atoms with Gasteiger partial charge in [0.2, 0.25) is 0 Å². The van der Waals surface area contributed by atoms with Crippen LogP contribution in [0.4, 0.5) is 0 Å². The summed E-state index contributed by atoms with van der Waals surface area (Å²) in [6.45, 7) is 1.76. The van der Waals surface area contributed by atoms with Crippen LogP contribution in [0.15, 0.2) is 95.5 Å². The van der Waals surface area contributed by atoms with Gasteiger partial charge in [0, 0.05) is 4.47 Å². The molecule has 0 heterocycles. The fourth-order valence-electron chi connectivity index (χ4n) is 2.43. The van der Waals surface area contributed by atoms with Crippen molar-refractivity contribution in [2.24, 2.45) is 0 Å². The molecule has 0 saturated carbocycles. The lowest BCUT2D eigenvalue weighted by molar-refractivity contribution is 0.119. The largest absolute Gasteiger partial charge is 0.386 e. The molecule has 0 bridgehead atoms. The van der Waals surface area contributed by atoms with Crippen molar-refractivity contribution >= 4 is 15.9 Å². The molecule has 0 amide bonds. The van der Waals surface area contributed by atoms with Gasteiger partial charge >= 0.3 is 0 Å². The minimum absolute atomic E-state index is 0.733. The van der Waals surface area contributed by atoms with Crippen LogP contribution in [0.5, 0.6) is 0 Å². The fourth-order valence-corrected chi connectivity index (χ4v) is 2.70. The average Bonchev–Trinajstić information content (AvgIpc) is 2.70. The molecule has 2 nitrogen and oxygen atoms in total. The maximum absolute atomic E-state index is 10.5. The first kappa shape index (κ1) is 18.9. The molecule has 0 aliphatic heterocycles. The molecule has 0 aliphatic carbocycles. The van der Waals surface area contributed by atoms with Gasteiger partial charge in [-0.3, -0.25) is 0 Å². The normalized spacial score (nSPS) is 13.5. The Morgan fingerprint density at radius 2 is 1.28 bits per heavy atom. The summed E-state index contributed by atoms with van der Waals surface area (Å²) < 4.78 is 0.946. The lowest BCUT2D eigenvalue weighted by atomic mass is 9.76. The van der Waals surface area contributed by atoms with Crippen molar-refractivity contribution in [1.29, 1.82) is 5.26 Å². The molecule has 0 unspecified atom stereocenters. The van der Waals surface area contributed by atoms with Crippen LogP contribution < -0.4 is 0 Å². The highest BCUT2D eigenvalue weighted by Crippen LogP contribution is 2.36. The zero-order valence-corrected chi connectivity index (χ0v) is 15.6. The zero-order chi connectivity index (χ0) is 18.1. The molecule has 3 aromatic carbocycles. The highest BCUT2D eigenvalue weighted by atomic mass is 79.9. The minimum Gasteiger partial charge on any atom is -0.386 e. The molecule has 0 aliphatic rings. The van der Waals surface area contributed by atoms with Crippen LogP contribution in [-0.2, 0) is 5.41 Å². The van der Waals surface area contributed by atoms with Gasteiger partial charge in [0.1, 0.15) is 11.5 Å². The number of nitriles is 1. The molecule has 0 radical (unpaired) electrons. The summed E-state index contributed by atoms with van der Waals surface area (Å²) in [5, 5.41) is 20.1. The van der Waals surface area contributed by atoms with Crippen molar-refractivity contribution in [2.75, 3.05) is 0 Å². The first-order chi connectivity index (χ1) is 12.1. The van der Waals surface area contributed by atoms with Gasteiger partial charge < -0.3 is 5.11 Å². The summed E-state index contributed by atoms with van der Waals surface area (Å²) >= 11 is 3.36. The van der Waals surface area contributed by atoms with Gasteiger partial charge in [-0.15, -0.1) is 0 Å². The van der Waals surface area contributed by atoms with Crippen LogP contribution in [-0.4, -0.2) is 5.11 Å². The van der Waals surface area contributed by atoms with E-state index in [0.717, 1.165) is 15.6 Å². The SMILES string of the molecule is C[C@](C#N)(c1ccccc1)[C@@H](O)c1ccc(Br)cc1.c1ccccc1. The molecule has 25 heavy (non-hydrogen) atoms. The van der Waals surface area contributed by atoms with Crippen LogP contribution in [0.3, 0.4) is 0 Å². The Hall–Kier alpha value is -2.41. The Morgan fingerprint density at radius 3 is 1.72 bits per heavy atom. The summed E-state index contributed by atoms with van der Waals surface area (Å²) in [4.78, 5) is 0. The molecular formula is C22H20BrNO. The van der Waals surface area contributed by atoms with E-state index in [4.69, 9.17) is 0 Å². The van der Waals surface area contributed by atoms with E-state index in [2.05, 4.69) is 22.0 Å². The van der Waals surface area contributed by atoms with E-state index in [-0.39, 0.29) is 0 Å². The van der Waals surface area contributed by atoms with Crippen LogP contribution >= 0.6 is 15.9 Å². The molecule has 0 aromatic heterocycles. The third-order valence-electron chi connectivity index (χ3n) is 4.01. The van der Waals surface area contributed by atoms with Crippen molar-refractivity contribution in [3.05, 3.63) is 107 Å². The Kier molecular flexibility index (Phi) is 6.94. The van der Waals surface area contributed by atoms with Crippen molar-refractivity contribution in [3.63, 3.8) is 0 Å². The van der Waals surface area contributed by atoms with E-state index in [1.54, 1.807) is 6.92 Å². The molecule has 0 saturated heterocycles. The number of rotatable bonds is 3. The lowest BCUT2D eigenvalue weighted by Crippen LogP contribution is -2.28. The van der Waals surface area contributed by atoms with E-state index in [1.807, 2.05) is 91.0 Å². The summed E-state index contributed by atoms with van der Waals surface area (Å²) in [6, 6.07) is 31.0. The van der Waals surface area contributed by atoms with Gasteiger partial charge in [-0.05, 0) is 30.2 Å². The number of benzene rings is 3. The van der Waals surface area contributed by atoms with Gasteiger partial charge in [0.05, 0.1) is 6.07 Å². The van der Waals surface area contributed by atoms with Crippen molar-refractivity contribution in [1.82, 2.24) is 0 Å². The number of hydrogen-bond donors (Lipinski definition) is 1. The summed E-state index contributed by atoms with van der Waals surface area (Å²) in [7, 11) is 0. The van der Waals surface area contributed by atoms with E-state index in [0.29, 0.717) is 0 Å². The zero-order valence-electron chi connectivity index (χ0n) is 14.0. The van der Waals surface area contributed by atoms with Crippen molar-refractivity contribution in [3.8, 4) is 6.07 Å². The molecule has 2 atom stereocenters. The topological polar surface area (TPSA) is 44.0 Å². The predicted molar refractivity (Wildman–Crippen MR) is 105 cm³/mol. The highest BCUT2D eigenvalue weighted by Gasteiger charge is 2.36. The first-order valence-corrected chi connectivity index (χ1v) is 8.77. The highest BCUT2D eigenvalue weighted by molar-refractivity contribution is 9.10. The Balaban J connectivity index is 0.000000316. The summed E-state index contributed by atoms with van der Waals surface area (Å²) in [5.41, 5.74) is 0.582. The quantitative estimate of drug-likeness (QED) is 0.624. The number of hydrogen-bond acceptors (Lipinski definition) is 2. The summed E-state index contributed by atoms with van der Waals surface area (Å²) in [5.74, 6) is 0. The van der Waals surface area contributed by atoms with Crippen LogP contribution in [0.2, 0.25) is 0 Å². The molecule has 0 fully saturated rings. The van der Waals surface area contributed by atoms with E-state index in [1.165, 1.54) is 0 Å². The molecule has 126 valence electrons. The molecule has 3 aromatic rings. The second kappa shape index (κ2) is 9.17. The van der Waals surface area contributed by atoms with Crippen molar-refractivity contribution < 1.29 is 5.11 Å². The summed E-state index contributed by atoms with van der Waals surface area (Å²) in [6.07, 6.45) is -0.868. The number of nitrogens with zero attached hydrogens (tertiary/aromatic N) is 1. The van der Waals surface area contributed by atoms with Crippen LogP contribution in [0.25, 0.3) is 0 Å². The molecular weight excluding hydrogens is 374 g/mol. The molecule has 3 rings (SSSR count). The molecule has 1 N–H and O–H groups in total. The maximum Gasteiger partial charge on any atom is 0.109 e. The van der Waals surface area contributed by atoms with Gasteiger partial charge in [0.25, 0.3) is 0 Å². The lowest BCUT2D eigenvalue weighted by Gasteiger charge is -2.28. The predicted octanol–water partition coefficient (Wildman–Crippen LogP) is 5.65. The van der Waals surface area contributed by atoms with Crippen molar-refractivity contribution in [2.45, 2.75) is 18.4 Å². The number of halogens is 1. The third kappa shape index (κ3) is 5.03. The van der Waals surface area contributed by atoms with Gasteiger partial charge in [-0.2, -0.15) is 5.26 Å². The molecule has 0 spiro atoms. The third-order valence-corrected chi connectivity index (χ3v) is 4.53. The van der Waals surface area contributed by atoms with Gasteiger partial charge in [-0.25, -0.2) is 0 Å². The Labute approximate surface area is 157 Å². The average molecular weight is 394 g/mol. The Bertz CT molecular complexity index is 770. The van der Waals surface area contributed by atoms with E-state index in [9.17, 15) is 10.4 Å². The number of aliphatic hydroxyl groups is 1. The maximum atomic E-state index is 10.5. The number of aliphatic hydroxyl groups excluding tert-OH is 1.